The number of hydrogen-bond donors (Lipinski definition) is 4. The molecule has 2 aliphatic carbocycles. The summed E-state index contributed by atoms with van der Waals surface area (Å²) < 4.78 is 26.8. The van der Waals surface area contributed by atoms with Crippen LogP contribution in [0.4, 0.5) is 4.79 Å². The van der Waals surface area contributed by atoms with Crippen molar-refractivity contribution in [1.82, 2.24) is 31.2 Å². The van der Waals surface area contributed by atoms with E-state index >= 15 is 0 Å². The van der Waals surface area contributed by atoms with E-state index in [1.807, 2.05) is 13.8 Å². The van der Waals surface area contributed by atoms with Gasteiger partial charge in [-0.1, -0.05) is 66.0 Å². The second-order valence-electron chi connectivity index (χ2n) is 15.7. The van der Waals surface area contributed by atoms with Gasteiger partial charge in [-0.25, -0.2) is 18.2 Å². The van der Waals surface area contributed by atoms with Gasteiger partial charge in [0.25, 0.3) is 5.91 Å². The SMILES string of the molecule is C#CCCC(NC(=O)[C@@H]1[C@@H]2C(CN1C(=O)[C@@H](NC(=O)NC1(CS(=O)(=O)c3ccccn3)CCCCC1)C(C)(C)C)C2(C)C)C(=O)C(=O)NCC=C. The van der Waals surface area contributed by atoms with Crippen molar-refractivity contribution < 1.29 is 32.4 Å². The maximum Gasteiger partial charge on any atom is 0.315 e. The molecule has 3 fully saturated rings. The smallest absolute Gasteiger partial charge is 0.315 e. The molecular weight excluding hydrogens is 673 g/mol. The van der Waals surface area contributed by atoms with Gasteiger partial charge >= 0.3 is 6.03 Å². The summed E-state index contributed by atoms with van der Waals surface area (Å²) in [7, 11) is -3.85. The molecule has 4 N–H and O–H groups in total. The molecule has 0 bridgehead atoms. The van der Waals surface area contributed by atoms with Gasteiger partial charge in [-0.3, -0.25) is 19.2 Å². The van der Waals surface area contributed by atoms with E-state index in [2.05, 4.69) is 38.8 Å². The number of urea groups is 1. The van der Waals surface area contributed by atoms with Crippen molar-refractivity contribution in [2.45, 2.75) is 108 Å². The highest BCUT2D eigenvalue weighted by molar-refractivity contribution is 7.91. The number of Topliss-reactive ketones (excluding diaryl/α,β-unsaturated/α-hetero) is 1. The van der Waals surface area contributed by atoms with Crippen LogP contribution in [0.15, 0.2) is 42.1 Å². The molecule has 14 heteroatoms. The molecule has 2 unspecified atom stereocenters. The van der Waals surface area contributed by atoms with E-state index in [9.17, 15) is 32.4 Å². The van der Waals surface area contributed by atoms with Crippen LogP contribution in [0.25, 0.3) is 0 Å². The first kappa shape index (κ1) is 39.5. The van der Waals surface area contributed by atoms with Crippen LogP contribution >= 0.6 is 0 Å². The fraction of sp³-hybridized carbons (Fsp3) is 0.622. The quantitative estimate of drug-likeness (QED) is 0.128. The minimum atomic E-state index is -3.85. The fourth-order valence-corrected chi connectivity index (χ4v) is 9.45. The Balaban J connectivity index is 1.56. The monoisotopic (exact) mass is 724 g/mol. The zero-order chi connectivity index (χ0) is 37.8. The fourth-order valence-electron chi connectivity index (χ4n) is 7.70. The van der Waals surface area contributed by atoms with Gasteiger partial charge in [-0.15, -0.1) is 18.9 Å². The van der Waals surface area contributed by atoms with E-state index in [4.69, 9.17) is 6.42 Å². The Hall–Kier alpha value is -4.25. The first-order valence-corrected chi connectivity index (χ1v) is 19.2. The third kappa shape index (κ3) is 8.98. The highest BCUT2D eigenvalue weighted by atomic mass is 32.2. The van der Waals surface area contributed by atoms with Crippen LogP contribution in [0.2, 0.25) is 0 Å². The Bertz CT molecular complexity index is 1660. The van der Waals surface area contributed by atoms with Crippen molar-refractivity contribution in [3.63, 3.8) is 0 Å². The summed E-state index contributed by atoms with van der Waals surface area (Å²) >= 11 is 0. The summed E-state index contributed by atoms with van der Waals surface area (Å²) in [6.07, 6.45) is 11.7. The number of nitrogens with zero attached hydrogens (tertiary/aromatic N) is 2. The van der Waals surface area contributed by atoms with E-state index in [0.717, 1.165) is 19.3 Å². The molecule has 5 amide bonds. The molecule has 4 rings (SSSR count). The molecule has 1 saturated heterocycles. The van der Waals surface area contributed by atoms with Crippen LogP contribution in [-0.4, -0.2) is 90.3 Å². The third-order valence-corrected chi connectivity index (χ3v) is 12.4. The highest BCUT2D eigenvalue weighted by Crippen LogP contribution is 2.65. The number of terminal acetylenes is 1. The van der Waals surface area contributed by atoms with Gasteiger partial charge in [0.2, 0.25) is 17.6 Å². The van der Waals surface area contributed by atoms with Crippen LogP contribution in [0, 0.1) is 35.0 Å². The van der Waals surface area contributed by atoms with Crippen LogP contribution < -0.4 is 21.3 Å². The number of carbonyl (C=O) groups is 5. The number of ketones is 1. The maximum absolute atomic E-state index is 14.5. The first-order valence-electron chi connectivity index (χ1n) is 17.6. The molecule has 2 heterocycles. The van der Waals surface area contributed by atoms with E-state index in [0.29, 0.717) is 12.8 Å². The van der Waals surface area contributed by atoms with Gasteiger partial charge in [0.05, 0.1) is 17.3 Å². The number of pyridine rings is 1. The van der Waals surface area contributed by atoms with Crippen molar-refractivity contribution in [1.29, 1.82) is 0 Å². The molecule has 0 spiro atoms. The molecule has 0 aromatic carbocycles. The lowest BCUT2D eigenvalue weighted by Crippen LogP contribution is -2.63. The second-order valence-corrected chi connectivity index (χ2v) is 17.7. The van der Waals surface area contributed by atoms with Gasteiger partial charge in [-0.2, -0.15) is 0 Å². The van der Waals surface area contributed by atoms with E-state index in [-0.39, 0.29) is 54.0 Å². The number of fused-ring (bicyclic) bond motifs is 1. The number of nitrogens with one attached hydrogen (secondary N) is 4. The molecule has 1 aromatic heterocycles. The van der Waals surface area contributed by atoms with Crippen molar-refractivity contribution in [3.8, 4) is 12.3 Å². The van der Waals surface area contributed by atoms with Gasteiger partial charge in [0.15, 0.2) is 14.9 Å². The normalized spacial score (nSPS) is 23.0. The Labute approximate surface area is 301 Å². The summed E-state index contributed by atoms with van der Waals surface area (Å²) in [6.45, 7) is 13.3. The van der Waals surface area contributed by atoms with Gasteiger partial charge < -0.3 is 26.2 Å². The highest BCUT2D eigenvalue weighted by Gasteiger charge is 2.70. The van der Waals surface area contributed by atoms with Gasteiger partial charge in [0, 0.05) is 25.7 Å². The predicted molar refractivity (Wildman–Crippen MR) is 191 cm³/mol. The largest absolute Gasteiger partial charge is 0.346 e. The summed E-state index contributed by atoms with van der Waals surface area (Å²) in [5.74, 6) is -0.893. The minimum absolute atomic E-state index is 0.00436. The standard InChI is InChI=1S/C37H52N6O7S/c1-8-10-16-25(29(44)32(46)39-20-9-2)40-31(45)28-27-24(36(27,6)7)22-43(28)33(47)30(35(3,4)5)41-34(48)42-37(18-13-11-14-19-37)23-51(49,50)26-17-12-15-21-38-26/h1,9,12,15,17,21,24-25,27-28,30H,2,10-11,13-14,16,18-20,22-23H2,3-7H3,(H,39,46)(H,40,45)(H2,41,42,48)/t24?,25?,27-,28-,30+/m0/s1. The lowest BCUT2D eigenvalue weighted by molar-refractivity contribution is -0.145. The number of piperidine rings is 1. The van der Waals surface area contributed by atoms with Gasteiger partial charge in [-0.05, 0) is 54.1 Å². The molecule has 1 aliphatic heterocycles. The maximum atomic E-state index is 14.5. The summed E-state index contributed by atoms with van der Waals surface area (Å²) in [5.41, 5.74) is -2.14. The summed E-state index contributed by atoms with van der Waals surface area (Å²) in [6, 6.07) is 0.721. The molecule has 13 nitrogen and oxygen atoms in total. The average molecular weight is 725 g/mol. The first-order chi connectivity index (χ1) is 23.9. The van der Waals surface area contributed by atoms with Crippen LogP contribution in [0.1, 0.15) is 79.6 Å². The van der Waals surface area contributed by atoms with Crippen molar-refractivity contribution in [3.05, 3.63) is 37.1 Å². The average Bonchev–Trinajstić information content (AvgIpc) is 3.38. The Morgan fingerprint density at radius 2 is 1.80 bits per heavy atom. The van der Waals surface area contributed by atoms with E-state index in [1.54, 1.807) is 32.9 Å². The molecule has 5 atom stereocenters. The zero-order valence-corrected chi connectivity index (χ0v) is 31.1. The van der Waals surface area contributed by atoms with E-state index < -0.39 is 68.5 Å². The van der Waals surface area contributed by atoms with Crippen molar-refractivity contribution >= 4 is 39.4 Å². The number of aromatic nitrogens is 1. The summed E-state index contributed by atoms with van der Waals surface area (Å²) in [4.78, 5) is 73.3. The predicted octanol–water partition coefficient (Wildman–Crippen LogP) is 2.52. The number of amides is 5. The second kappa shape index (κ2) is 15.6. The zero-order valence-electron chi connectivity index (χ0n) is 30.3. The third-order valence-electron chi connectivity index (χ3n) is 10.6. The van der Waals surface area contributed by atoms with Crippen molar-refractivity contribution in [2.24, 2.45) is 22.7 Å². The Kier molecular flexibility index (Phi) is 12.1. The molecular formula is C37H52N6O7S. The topological polar surface area (TPSA) is 184 Å². The lowest BCUT2D eigenvalue weighted by atomic mass is 9.83. The van der Waals surface area contributed by atoms with Crippen LogP contribution in [0.5, 0.6) is 0 Å². The number of sulfone groups is 1. The molecule has 0 radical (unpaired) electrons. The molecule has 51 heavy (non-hydrogen) atoms. The number of rotatable bonds is 14. The molecule has 3 aliphatic rings. The minimum Gasteiger partial charge on any atom is -0.346 e. The number of carbonyl (C=O) groups excluding carboxylic acids is 5. The molecule has 1 aromatic rings. The lowest BCUT2D eigenvalue weighted by Gasteiger charge is -2.40. The molecule has 278 valence electrons. The Morgan fingerprint density at radius 1 is 1.12 bits per heavy atom. The Morgan fingerprint density at radius 3 is 2.39 bits per heavy atom. The van der Waals surface area contributed by atoms with Crippen LogP contribution in [-0.2, 0) is 29.0 Å². The summed E-state index contributed by atoms with van der Waals surface area (Å²) in [5, 5.41) is 10.9. The van der Waals surface area contributed by atoms with E-state index in [1.165, 1.54) is 23.2 Å². The van der Waals surface area contributed by atoms with Crippen molar-refractivity contribution in [2.75, 3.05) is 18.8 Å². The number of likely N-dealkylation sites (tertiary alicyclic amines) is 1. The van der Waals surface area contributed by atoms with Crippen LogP contribution in [0.3, 0.4) is 0 Å². The number of hydrogen-bond acceptors (Lipinski definition) is 8. The molecule has 2 saturated carbocycles. The van der Waals surface area contributed by atoms with Gasteiger partial charge in [0.1, 0.15) is 12.1 Å².